The molecule has 0 unspecified atom stereocenters. The van der Waals surface area contributed by atoms with Crippen LogP contribution >= 0.6 is 11.6 Å². The highest BCUT2D eigenvalue weighted by Crippen LogP contribution is 2.36. The lowest BCUT2D eigenvalue weighted by molar-refractivity contribution is -0.149. The third-order valence-electron chi connectivity index (χ3n) is 6.99. The second kappa shape index (κ2) is 12.8. The Hall–Kier alpha value is -4.09. The van der Waals surface area contributed by atoms with E-state index in [0.717, 1.165) is 40.9 Å². The van der Waals surface area contributed by atoms with Crippen molar-refractivity contribution in [2.45, 2.75) is 51.1 Å². The van der Waals surface area contributed by atoms with Crippen molar-refractivity contribution in [1.29, 1.82) is 0 Å². The van der Waals surface area contributed by atoms with Crippen LogP contribution in [0, 0.1) is 0 Å². The number of nitrogens with one attached hydrogen (secondary N) is 2. The number of nitrogens with zero attached hydrogens (tertiary/aromatic N) is 5. The van der Waals surface area contributed by atoms with Gasteiger partial charge < -0.3 is 15.0 Å². The number of benzene rings is 2. The van der Waals surface area contributed by atoms with Crippen LogP contribution in [-0.4, -0.2) is 56.2 Å². The topological polar surface area (TPSA) is 154 Å². The first-order valence-electron chi connectivity index (χ1n) is 13.1. The van der Waals surface area contributed by atoms with Crippen LogP contribution in [0.2, 0.25) is 5.15 Å². The lowest BCUT2D eigenvalue weighted by Crippen LogP contribution is -2.50. The lowest BCUT2D eigenvalue weighted by Gasteiger charge is -2.32. The number of rotatable bonds is 13. The van der Waals surface area contributed by atoms with Crippen LogP contribution in [0.1, 0.15) is 49.7 Å². The van der Waals surface area contributed by atoms with E-state index >= 15 is 0 Å². The Morgan fingerprint density at radius 1 is 1.15 bits per heavy atom. The van der Waals surface area contributed by atoms with Crippen molar-refractivity contribution in [3.05, 3.63) is 70.8 Å². The van der Waals surface area contributed by atoms with E-state index in [4.69, 9.17) is 22.1 Å². The summed E-state index contributed by atoms with van der Waals surface area (Å²) in [5, 5.41) is 17.7. The van der Waals surface area contributed by atoms with Crippen LogP contribution in [0.25, 0.3) is 22.5 Å². The molecule has 11 nitrogen and oxygen atoms in total. The Kier molecular flexibility index (Phi) is 9.28. The van der Waals surface area contributed by atoms with Gasteiger partial charge >= 0.3 is 5.97 Å². The van der Waals surface area contributed by atoms with Crippen molar-refractivity contribution < 1.29 is 14.3 Å². The van der Waals surface area contributed by atoms with Gasteiger partial charge in [0.05, 0.1) is 12.8 Å². The SMILES string of the molecule is CCCCc1nc(Cl)c([C@@](CCC(N)=O)(NC)C(=O)OC)n1Cc1ccc(-c2ccccc2-c2nn[nH]n2)cc1. The molecule has 0 aliphatic heterocycles. The predicted molar refractivity (Wildman–Crippen MR) is 151 cm³/mol. The van der Waals surface area contributed by atoms with Gasteiger partial charge in [-0.05, 0) is 41.8 Å². The third-order valence-corrected chi connectivity index (χ3v) is 7.25. The van der Waals surface area contributed by atoms with E-state index in [1.165, 1.54) is 7.11 Å². The molecule has 40 heavy (non-hydrogen) atoms. The number of likely N-dealkylation sites (N-methyl/N-ethyl adjacent to an activating group) is 1. The van der Waals surface area contributed by atoms with Gasteiger partial charge in [-0.2, -0.15) is 5.21 Å². The summed E-state index contributed by atoms with van der Waals surface area (Å²) < 4.78 is 7.13. The monoisotopic (exact) mass is 564 g/mol. The van der Waals surface area contributed by atoms with E-state index in [2.05, 4.69) is 37.8 Å². The maximum Gasteiger partial charge on any atom is 0.332 e. The number of H-pyrrole nitrogens is 1. The number of hydrogen-bond donors (Lipinski definition) is 3. The van der Waals surface area contributed by atoms with Gasteiger partial charge in [0.2, 0.25) is 11.7 Å². The summed E-state index contributed by atoms with van der Waals surface area (Å²) in [4.78, 5) is 29.6. The second-order valence-electron chi connectivity index (χ2n) is 9.45. The van der Waals surface area contributed by atoms with E-state index in [1.54, 1.807) is 7.05 Å². The maximum atomic E-state index is 13.2. The highest BCUT2D eigenvalue weighted by atomic mass is 35.5. The first kappa shape index (κ1) is 28.9. The number of primary amides is 1. The summed E-state index contributed by atoms with van der Waals surface area (Å²) in [6, 6.07) is 15.9. The molecule has 2 heterocycles. The molecule has 0 saturated heterocycles. The maximum absolute atomic E-state index is 13.2. The largest absolute Gasteiger partial charge is 0.467 e. The van der Waals surface area contributed by atoms with Crippen LogP contribution in [0.15, 0.2) is 48.5 Å². The number of carbonyl (C=O) groups is 2. The van der Waals surface area contributed by atoms with E-state index in [1.807, 2.05) is 53.1 Å². The lowest BCUT2D eigenvalue weighted by atomic mass is 9.89. The summed E-state index contributed by atoms with van der Waals surface area (Å²) in [5.74, 6) is 0.152. The molecule has 2 aromatic carbocycles. The summed E-state index contributed by atoms with van der Waals surface area (Å²) >= 11 is 6.73. The third kappa shape index (κ3) is 5.90. The van der Waals surface area contributed by atoms with Crippen LogP contribution < -0.4 is 11.1 Å². The molecule has 4 rings (SSSR count). The smallest absolute Gasteiger partial charge is 0.332 e. The van der Waals surface area contributed by atoms with E-state index in [9.17, 15) is 9.59 Å². The number of halogens is 1. The summed E-state index contributed by atoms with van der Waals surface area (Å²) in [7, 11) is 2.93. The quantitative estimate of drug-likeness (QED) is 0.208. The average Bonchev–Trinajstić information content (AvgIpc) is 3.61. The zero-order valence-electron chi connectivity index (χ0n) is 22.8. The van der Waals surface area contributed by atoms with Crippen molar-refractivity contribution >= 4 is 23.5 Å². The zero-order chi connectivity index (χ0) is 28.7. The van der Waals surface area contributed by atoms with E-state index in [-0.39, 0.29) is 18.0 Å². The fourth-order valence-corrected chi connectivity index (χ4v) is 5.26. The fraction of sp³-hybridized carbons (Fsp3) is 0.357. The van der Waals surface area contributed by atoms with E-state index in [0.29, 0.717) is 24.5 Å². The number of tetrazole rings is 1. The Bertz CT molecular complexity index is 1450. The van der Waals surface area contributed by atoms with Gasteiger partial charge in [0.1, 0.15) is 5.82 Å². The van der Waals surface area contributed by atoms with Crippen molar-refractivity contribution in [2.75, 3.05) is 14.2 Å². The van der Waals surface area contributed by atoms with Gasteiger partial charge in [-0.1, -0.05) is 73.5 Å². The number of aromatic amines is 1. The molecule has 0 aliphatic rings. The fourth-order valence-electron chi connectivity index (χ4n) is 4.90. The van der Waals surface area contributed by atoms with Crippen LogP contribution in [-0.2, 0) is 32.8 Å². The molecule has 1 atom stereocenters. The van der Waals surface area contributed by atoms with Crippen LogP contribution in [0.4, 0.5) is 0 Å². The predicted octanol–water partition coefficient (Wildman–Crippen LogP) is 3.63. The summed E-state index contributed by atoms with van der Waals surface area (Å²) in [6.45, 7) is 2.50. The number of nitrogens with two attached hydrogens (primary N) is 1. The molecule has 0 saturated carbocycles. The average molecular weight is 565 g/mol. The van der Waals surface area contributed by atoms with Crippen molar-refractivity contribution in [3.63, 3.8) is 0 Å². The number of esters is 1. The van der Waals surface area contributed by atoms with E-state index < -0.39 is 17.4 Å². The Balaban J connectivity index is 1.76. The minimum atomic E-state index is -1.41. The van der Waals surface area contributed by atoms with Gasteiger partial charge in [-0.25, -0.2) is 9.78 Å². The van der Waals surface area contributed by atoms with Gasteiger partial charge in [-0.3, -0.25) is 10.1 Å². The molecule has 210 valence electrons. The first-order valence-corrected chi connectivity index (χ1v) is 13.5. The highest BCUT2D eigenvalue weighted by molar-refractivity contribution is 6.30. The standard InChI is InChI=1S/C28H33ClN8O3/c1-4-5-10-23-32-25(29)24(28(31-2,27(39)40-3)16-15-22(30)38)37(23)17-18-11-13-19(14-12-18)20-8-6-7-9-21(20)26-33-35-36-34-26/h6-9,11-14,31H,4-5,10,15-17H2,1-3H3,(H2,30,38)(H,33,34,35,36)/t28-/m1/s1. The highest BCUT2D eigenvalue weighted by Gasteiger charge is 2.45. The number of aromatic nitrogens is 6. The summed E-state index contributed by atoms with van der Waals surface area (Å²) in [5.41, 5.74) is 8.28. The van der Waals surface area contributed by atoms with Crippen molar-refractivity contribution in [2.24, 2.45) is 5.73 Å². The van der Waals surface area contributed by atoms with Crippen LogP contribution in [0.5, 0.6) is 0 Å². The molecule has 4 aromatic rings. The van der Waals surface area contributed by atoms with Crippen molar-refractivity contribution in [3.8, 4) is 22.5 Å². The molecule has 0 radical (unpaired) electrons. The number of ether oxygens (including phenoxy) is 1. The number of hydrogen-bond acceptors (Lipinski definition) is 8. The number of carbonyl (C=O) groups excluding carboxylic acids is 2. The molecule has 12 heteroatoms. The van der Waals surface area contributed by atoms with Gasteiger partial charge in [0, 0.05) is 24.9 Å². The molecular formula is C28H33ClN8O3. The van der Waals surface area contributed by atoms with Crippen molar-refractivity contribution in [1.82, 2.24) is 35.5 Å². The minimum Gasteiger partial charge on any atom is -0.467 e. The Labute approximate surface area is 237 Å². The number of unbranched alkanes of at least 4 members (excludes halogenated alkanes) is 1. The molecule has 1 amide bonds. The normalized spacial score (nSPS) is 12.7. The van der Waals surface area contributed by atoms with Gasteiger partial charge in [0.25, 0.3) is 0 Å². The minimum absolute atomic E-state index is 0.0454. The molecule has 0 aliphatic carbocycles. The number of amides is 1. The Morgan fingerprint density at radius 2 is 1.88 bits per heavy atom. The molecule has 0 spiro atoms. The zero-order valence-corrected chi connectivity index (χ0v) is 23.5. The second-order valence-corrected chi connectivity index (χ2v) is 9.81. The first-order chi connectivity index (χ1) is 19.3. The molecule has 2 aromatic heterocycles. The van der Waals surface area contributed by atoms with Gasteiger partial charge in [-0.15, -0.1) is 10.2 Å². The molecule has 0 fully saturated rings. The summed E-state index contributed by atoms with van der Waals surface area (Å²) in [6.07, 6.45) is 2.55. The molecule has 4 N–H and O–H groups in total. The van der Waals surface area contributed by atoms with Gasteiger partial charge in [0.15, 0.2) is 10.7 Å². The number of methoxy groups -OCH3 is 1. The number of aryl methyl sites for hydroxylation is 1. The number of imidazole rings is 1. The van der Waals surface area contributed by atoms with Crippen LogP contribution in [0.3, 0.4) is 0 Å². The molecule has 0 bridgehead atoms. The Morgan fingerprint density at radius 3 is 2.48 bits per heavy atom. The molecular weight excluding hydrogens is 532 g/mol.